The van der Waals surface area contributed by atoms with Crippen LogP contribution in [-0.4, -0.2) is 91.0 Å². The fraction of sp³-hybridized carbons (Fsp3) is 0.471. The molecule has 2 aromatic carbocycles. The van der Waals surface area contributed by atoms with Gasteiger partial charge in [-0.15, -0.1) is 0 Å². The summed E-state index contributed by atoms with van der Waals surface area (Å²) < 4.78 is 27.2. The van der Waals surface area contributed by atoms with Gasteiger partial charge in [0.2, 0.25) is 10.0 Å². The molecule has 1 aliphatic heterocycles. The van der Waals surface area contributed by atoms with Gasteiger partial charge >= 0.3 is 0 Å². The van der Waals surface area contributed by atoms with Crippen LogP contribution in [-0.2, 0) is 23.0 Å². The zero-order valence-corrected chi connectivity index (χ0v) is 28.4. The number of likely N-dealkylation sites (tertiary alicyclic amines) is 1. The van der Waals surface area contributed by atoms with E-state index in [-0.39, 0.29) is 41.6 Å². The van der Waals surface area contributed by atoms with Crippen LogP contribution >= 0.6 is 0 Å². The number of sulfonamides is 1. The van der Waals surface area contributed by atoms with Crippen LogP contribution in [0.15, 0.2) is 60.9 Å². The second-order valence-corrected chi connectivity index (χ2v) is 14.6. The average Bonchev–Trinajstić information content (AvgIpc) is 3.33. The minimum absolute atomic E-state index is 0.00474. The van der Waals surface area contributed by atoms with E-state index in [0.29, 0.717) is 25.2 Å². The van der Waals surface area contributed by atoms with Crippen molar-refractivity contribution in [3.63, 3.8) is 0 Å². The zero-order chi connectivity index (χ0) is 34.1. The monoisotopic (exact) mass is 666 g/mol. The van der Waals surface area contributed by atoms with Crippen molar-refractivity contribution < 1.29 is 27.9 Å². The van der Waals surface area contributed by atoms with E-state index in [1.54, 1.807) is 6.20 Å². The van der Waals surface area contributed by atoms with Crippen LogP contribution in [0.4, 0.5) is 5.69 Å². The molecule has 0 unspecified atom stereocenters. The molecule has 3 aromatic rings. The summed E-state index contributed by atoms with van der Waals surface area (Å²) in [5.74, 6) is -0.943. The van der Waals surface area contributed by atoms with Crippen molar-refractivity contribution in [1.82, 2.24) is 25.3 Å². The quantitative estimate of drug-likeness (QED) is 0.253. The van der Waals surface area contributed by atoms with E-state index in [0.717, 1.165) is 41.8 Å². The van der Waals surface area contributed by atoms with Gasteiger partial charge in [-0.1, -0.05) is 57.0 Å². The van der Waals surface area contributed by atoms with Crippen LogP contribution in [0.25, 0.3) is 0 Å². The summed E-state index contributed by atoms with van der Waals surface area (Å²) in [4.78, 5) is 41.7. The van der Waals surface area contributed by atoms with Crippen LogP contribution < -0.4 is 14.9 Å². The fourth-order valence-electron chi connectivity index (χ4n) is 5.40. The van der Waals surface area contributed by atoms with Crippen LogP contribution in [0, 0.1) is 5.92 Å². The first-order valence-electron chi connectivity index (χ1n) is 16.0. The van der Waals surface area contributed by atoms with Crippen molar-refractivity contribution in [3.05, 3.63) is 83.2 Å². The lowest BCUT2D eigenvalue weighted by molar-refractivity contribution is 0.0760. The van der Waals surface area contributed by atoms with Gasteiger partial charge in [-0.2, -0.15) is 5.10 Å². The van der Waals surface area contributed by atoms with Crippen LogP contribution in [0.1, 0.15) is 76.2 Å². The number of rotatable bonds is 13. The average molecular weight is 667 g/mol. The van der Waals surface area contributed by atoms with Gasteiger partial charge in [-0.25, -0.2) is 8.42 Å². The van der Waals surface area contributed by atoms with Crippen LogP contribution in [0.2, 0.25) is 0 Å². The van der Waals surface area contributed by atoms with Crippen molar-refractivity contribution in [3.8, 4) is 0 Å². The molecule has 254 valence electrons. The maximum atomic E-state index is 13.8. The Hall–Kier alpha value is -4.23. The van der Waals surface area contributed by atoms with E-state index in [9.17, 15) is 27.9 Å². The van der Waals surface area contributed by atoms with Gasteiger partial charge in [0.05, 0.1) is 42.4 Å². The Morgan fingerprint density at radius 3 is 2.21 bits per heavy atom. The third kappa shape index (κ3) is 10.1. The molecular weight excluding hydrogens is 620 g/mol. The first kappa shape index (κ1) is 35.6. The van der Waals surface area contributed by atoms with Gasteiger partial charge in [0.25, 0.3) is 17.7 Å². The van der Waals surface area contributed by atoms with Gasteiger partial charge in [0.15, 0.2) is 0 Å². The van der Waals surface area contributed by atoms with Gasteiger partial charge in [-0.3, -0.25) is 23.4 Å². The van der Waals surface area contributed by atoms with E-state index in [2.05, 4.69) is 15.7 Å². The number of amides is 3. The van der Waals surface area contributed by atoms with Crippen molar-refractivity contribution >= 4 is 33.4 Å². The molecule has 0 saturated carbocycles. The number of benzene rings is 2. The number of nitrogens with one attached hydrogen (secondary N) is 2. The molecule has 1 fully saturated rings. The number of hydrogen-bond donors (Lipinski definition) is 3. The lowest BCUT2D eigenvalue weighted by Gasteiger charge is -2.25. The maximum Gasteiger partial charge on any atom is 0.257 e. The van der Waals surface area contributed by atoms with E-state index >= 15 is 0 Å². The summed E-state index contributed by atoms with van der Waals surface area (Å²) in [6.45, 7) is 5.72. The Morgan fingerprint density at radius 2 is 1.60 bits per heavy atom. The third-order valence-electron chi connectivity index (χ3n) is 8.20. The third-order valence-corrected chi connectivity index (χ3v) is 9.41. The molecule has 13 heteroatoms. The topological polar surface area (TPSA) is 154 Å². The lowest BCUT2D eigenvalue weighted by atomic mass is 10.00. The van der Waals surface area contributed by atoms with Crippen molar-refractivity contribution in [1.29, 1.82) is 0 Å². The minimum atomic E-state index is -3.70. The van der Waals surface area contributed by atoms with Gasteiger partial charge in [-0.05, 0) is 48.9 Å². The highest BCUT2D eigenvalue weighted by Gasteiger charge is 2.26. The molecule has 4 rings (SSSR count). The largest absolute Gasteiger partial charge is 0.389 e. The molecule has 0 aliphatic carbocycles. The predicted molar refractivity (Wildman–Crippen MR) is 181 cm³/mol. The Bertz CT molecular complexity index is 1630. The maximum absolute atomic E-state index is 13.8. The van der Waals surface area contributed by atoms with E-state index in [1.165, 1.54) is 36.1 Å². The number of anilines is 1. The molecule has 47 heavy (non-hydrogen) atoms. The number of aliphatic hydroxyl groups is 1. The molecule has 2 atom stereocenters. The highest BCUT2D eigenvalue weighted by Crippen LogP contribution is 2.22. The smallest absolute Gasteiger partial charge is 0.257 e. The van der Waals surface area contributed by atoms with Gasteiger partial charge in [0.1, 0.15) is 0 Å². The first-order valence-corrected chi connectivity index (χ1v) is 17.9. The number of aliphatic hydroxyl groups excluding tert-OH is 1. The Balaban J connectivity index is 1.58. The van der Waals surface area contributed by atoms with Crippen LogP contribution in [0.5, 0.6) is 0 Å². The highest BCUT2D eigenvalue weighted by molar-refractivity contribution is 7.92. The van der Waals surface area contributed by atoms with Crippen molar-refractivity contribution in [2.75, 3.05) is 37.2 Å². The molecule has 1 aliphatic rings. The van der Waals surface area contributed by atoms with Gasteiger partial charge in [0, 0.05) is 44.0 Å². The summed E-state index contributed by atoms with van der Waals surface area (Å²) in [6, 6.07) is 12.8. The Morgan fingerprint density at radius 1 is 0.957 bits per heavy atom. The van der Waals surface area contributed by atoms with Crippen molar-refractivity contribution in [2.45, 2.75) is 64.6 Å². The number of carbonyl (C=O) groups excluding carboxylic acids is 3. The standard InChI is InChI=1S/C34H46N6O6S/c1-24(2)20-35-32(42)26-17-27(19-29(18-26)38(3)47(4,45)46)33(43)37-30(16-25-12-8-7-9-13-25)31(41)23-40-22-28(21-36-40)34(44)39-14-10-5-6-11-15-39/h7-9,12-13,17-19,21-22,24,30-31,41H,5-6,10-11,14-16,20,23H2,1-4H3,(H,35,42)(H,37,43)/t30-,31-/m0/s1. The molecule has 2 heterocycles. The van der Waals surface area contributed by atoms with Crippen LogP contribution in [0.3, 0.4) is 0 Å². The van der Waals surface area contributed by atoms with Crippen molar-refractivity contribution in [2.24, 2.45) is 5.92 Å². The highest BCUT2D eigenvalue weighted by atomic mass is 32.2. The van der Waals surface area contributed by atoms with E-state index < -0.39 is 34.0 Å². The summed E-state index contributed by atoms with van der Waals surface area (Å²) >= 11 is 0. The molecular formula is C34H46N6O6S. The van der Waals surface area contributed by atoms with Gasteiger partial charge < -0.3 is 20.6 Å². The molecule has 12 nitrogen and oxygen atoms in total. The summed E-state index contributed by atoms with van der Waals surface area (Å²) in [6.07, 6.45) is 7.46. The second kappa shape index (κ2) is 16.1. The molecule has 3 N–H and O–H groups in total. The fourth-order valence-corrected chi connectivity index (χ4v) is 5.89. The Kier molecular flexibility index (Phi) is 12.2. The molecule has 1 aromatic heterocycles. The summed E-state index contributed by atoms with van der Waals surface area (Å²) in [7, 11) is -2.35. The minimum Gasteiger partial charge on any atom is -0.389 e. The first-order chi connectivity index (χ1) is 22.3. The normalized spacial score (nSPS) is 15.1. The predicted octanol–water partition coefficient (Wildman–Crippen LogP) is 3.08. The summed E-state index contributed by atoms with van der Waals surface area (Å²) in [5.41, 5.74) is 1.64. The van der Waals surface area contributed by atoms with E-state index in [1.807, 2.05) is 49.1 Å². The number of aromatic nitrogens is 2. The molecule has 3 amide bonds. The summed E-state index contributed by atoms with van der Waals surface area (Å²) in [5, 5.41) is 21.5. The second-order valence-electron chi connectivity index (χ2n) is 12.6. The lowest BCUT2D eigenvalue weighted by Crippen LogP contribution is -2.46. The SMILES string of the molecule is CC(C)CNC(=O)c1cc(C(=O)N[C@@H](Cc2ccccc2)[C@@H](O)Cn2cc(C(=O)N3CCCCCC3)cn2)cc(N(C)S(C)(=O)=O)c1. The van der Waals surface area contributed by atoms with E-state index in [4.69, 9.17) is 0 Å². The zero-order valence-electron chi connectivity index (χ0n) is 27.6. The molecule has 0 radical (unpaired) electrons. The molecule has 1 saturated heterocycles. The molecule has 0 spiro atoms. The molecule has 0 bridgehead atoms. The number of nitrogens with zero attached hydrogens (tertiary/aromatic N) is 4. The number of carbonyl (C=O) groups is 3. The number of hydrogen-bond acceptors (Lipinski definition) is 7. The Labute approximate surface area is 277 Å².